The summed E-state index contributed by atoms with van der Waals surface area (Å²) < 4.78 is 0. The molecule has 1 atom stereocenters. The van der Waals surface area contributed by atoms with E-state index in [0.29, 0.717) is 0 Å². The Labute approximate surface area is 215 Å². The van der Waals surface area contributed by atoms with Gasteiger partial charge >= 0.3 is 0 Å². The highest BCUT2D eigenvalue weighted by atomic mass is 35.5. The van der Waals surface area contributed by atoms with Crippen molar-refractivity contribution < 1.29 is 4.84 Å². The summed E-state index contributed by atoms with van der Waals surface area (Å²) in [5.74, 6) is 0. The monoisotopic (exact) mass is 491 g/mol. The van der Waals surface area contributed by atoms with E-state index in [2.05, 4.69) is 85.1 Å². The van der Waals surface area contributed by atoms with Crippen LogP contribution in [-0.2, 0) is 11.4 Å². The fourth-order valence-corrected chi connectivity index (χ4v) is 5.06. The summed E-state index contributed by atoms with van der Waals surface area (Å²) in [6.07, 6.45) is 6.33. The third-order valence-electron chi connectivity index (χ3n) is 6.83. The van der Waals surface area contributed by atoms with Gasteiger partial charge < -0.3 is 0 Å². The van der Waals surface area contributed by atoms with Gasteiger partial charge in [0, 0.05) is 37.7 Å². The molecule has 0 bridgehead atoms. The molecule has 2 aromatic rings. The van der Waals surface area contributed by atoms with Crippen molar-refractivity contribution in [2.24, 2.45) is 5.41 Å². The number of hydrogen-bond acceptors (Lipinski definition) is 4. The molecular formula is C30H38ClN3O. The van der Waals surface area contributed by atoms with E-state index in [1.165, 1.54) is 11.1 Å². The number of nitrogens with zero attached hydrogens (tertiary/aromatic N) is 2. The van der Waals surface area contributed by atoms with E-state index in [1.807, 2.05) is 24.3 Å². The van der Waals surface area contributed by atoms with Crippen LogP contribution in [0.2, 0.25) is 5.02 Å². The lowest BCUT2D eigenvalue weighted by atomic mass is 9.78. The van der Waals surface area contributed by atoms with Gasteiger partial charge in [0.15, 0.2) is 0 Å². The molecule has 1 saturated heterocycles. The number of hydrogen-bond donors (Lipinski definition) is 1. The van der Waals surface area contributed by atoms with Gasteiger partial charge in [-0.15, -0.1) is 0 Å². The molecule has 1 aliphatic carbocycles. The Kier molecular flexibility index (Phi) is 8.51. The van der Waals surface area contributed by atoms with Gasteiger partial charge in [-0.25, -0.2) is 0 Å². The summed E-state index contributed by atoms with van der Waals surface area (Å²) in [6, 6.07) is 18.6. The van der Waals surface area contributed by atoms with Crippen molar-refractivity contribution >= 4 is 17.2 Å². The molecule has 1 N–H and O–H groups in total. The van der Waals surface area contributed by atoms with Crippen molar-refractivity contribution in [3.05, 3.63) is 101 Å². The molecular weight excluding hydrogens is 454 g/mol. The third-order valence-corrected chi connectivity index (χ3v) is 7.08. The molecule has 5 heteroatoms. The lowest BCUT2D eigenvalue weighted by Crippen LogP contribution is -2.51. The SMILES string of the molecule is C=C(C1=CC(NOC(CC)N2CCN(Cc3ccccc3)CC2)=CC(C)(C)C1)c1ccc(Cl)cc1. The molecule has 4 nitrogen and oxygen atoms in total. The number of rotatable bonds is 9. The first-order chi connectivity index (χ1) is 16.8. The number of benzene rings is 2. The normalized spacial score (nSPS) is 19.5. The van der Waals surface area contributed by atoms with Crippen molar-refractivity contribution in [2.75, 3.05) is 26.2 Å². The second-order valence-corrected chi connectivity index (χ2v) is 10.7. The molecule has 0 radical (unpaired) electrons. The number of hydroxylamine groups is 1. The van der Waals surface area contributed by atoms with E-state index < -0.39 is 0 Å². The maximum atomic E-state index is 6.26. The lowest BCUT2D eigenvalue weighted by molar-refractivity contribution is -0.113. The highest BCUT2D eigenvalue weighted by molar-refractivity contribution is 6.30. The van der Waals surface area contributed by atoms with Crippen LogP contribution in [0.25, 0.3) is 5.57 Å². The highest BCUT2D eigenvalue weighted by Gasteiger charge is 2.26. The first kappa shape index (κ1) is 25.7. The maximum Gasteiger partial charge on any atom is 0.138 e. The molecule has 2 aliphatic rings. The largest absolute Gasteiger partial charge is 0.297 e. The smallest absolute Gasteiger partial charge is 0.138 e. The van der Waals surface area contributed by atoms with Gasteiger partial charge in [0.25, 0.3) is 0 Å². The Balaban J connectivity index is 1.34. The van der Waals surface area contributed by atoms with Crippen molar-refractivity contribution in [3.63, 3.8) is 0 Å². The topological polar surface area (TPSA) is 27.7 Å². The van der Waals surface area contributed by atoms with Crippen molar-refractivity contribution in [1.82, 2.24) is 15.3 Å². The summed E-state index contributed by atoms with van der Waals surface area (Å²) >= 11 is 6.08. The van der Waals surface area contributed by atoms with Gasteiger partial charge in [0.2, 0.25) is 0 Å². The Morgan fingerprint density at radius 3 is 2.40 bits per heavy atom. The zero-order chi connectivity index (χ0) is 24.8. The molecule has 186 valence electrons. The average molecular weight is 492 g/mol. The van der Waals surface area contributed by atoms with E-state index in [0.717, 1.165) is 67.4 Å². The number of nitrogens with one attached hydrogen (secondary N) is 1. The minimum Gasteiger partial charge on any atom is -0.297 e. The molecule has 1 unspecified atom stereocenters. The van der Waals surface area contributed by atoms with Gasteiger partial charge in [-0.3, -0.25) is 20.1 Å². The van der Waals surface area contributed by atoms with Crippen LogP contribution in [0.15, 0.2) is 84.6 Å². The van der Waals surface area contributed by atoms with Crippen LogP contribution in [0.1, 0.15) is 44.7 Å². The molecule has 1 heterocycles. The molecule has 1 aliphatic heterocycles. The predicted molar refractivity (Wildman–Crippen MR) is 147 cm³/mol. The van der Waals surface area contributed by atoms with Gasteiger partial charge in [-0.05, 0) is 58.7 Å². The molecule has 1 fully saturated rings. The van der Waals surface area contributed by atoms with Crippen LogP contribution < -0.4 is 5.48 Å². The van der Waals surface area contributed by atoms with Crippen molar-refractivity contribution in [1.29, 1.82) is 0 Å². The number of allylic oxidation sites excluding steroid dienone is 4. The second-order valence-electron chi connectivity index (χ2n) is 10.3. The van der Waals surface area contributed by atoms with Crippen LogP contribution >= 0.6 is 11.6 Å². The van der Waals surface area contributed by atoms with E-state index in [1.54, 1.807) is 0 Å². The minimum absolute atomic E-state index is 0.00984. The van der Waals surface area contributed by atoms with E-state index in [-0.39, 0.29) is 11.6 Å². The van der Waals surface area contributed by atoms with E-state index in [9.17, 15) is 0 Å². The molecule has 0 aromatic heterocycles. The van der Waals surface area contributed by atoms with Gasteiger partial charge in [0.1, 0.15) is 6.23 Å². The molecule has 0 spiro atoms. The second kappa shape index (κ2) is 11.6. The number of halogens is 1. The Bertz CT molecular complexity index is 1050. The summed E-state index contributed by atoms with van der Waals surface area (Å²) in [7, 11) is 0. The van der Waals surface area contributed by atoms with E-state index >= 15 is 0 Å². The predicted octanol–water partition coefficient (Wildman–Crippen LogP) is 6.67. The van der Waals surface area contributed by atoms with Gasteiger partial charge in [0.05, 0.1) is 5.70 Å². The van der Waals surface area contributed by atoms with Crippen LogP contribution in [0.5, 0.6) is 0 Å². The molecule has 35 heavy (non-hydrogen) atoms. The molecule has 4 rings (SSSR count). The molecule has 2 aromatic carbocycles. The Hall–Kier alpha value is -2.37. The van der Waals surface area contributed by atoms with Gasteiger partial charge in [-0.1, -0.05) is 87.5 Å². The quantitative estimate of drug-likeness (QED) is 0.396. The van der Waals surface area contributed by atoms with Crippen LogP contribution in [0, 0.1) is 5.41 Å². The van der Waals surface area contributed by atoms with Crippen molar-refractivity contribution in [2.45, 2.75) is 46.4 Å². The number of piperazine rings is 1. The molecule has 0 saturated carbocycles. The van der Waals surface area contributed by atoms with Gasteiger partial charge in [-0.2, -0.15) is 0 Å². The fraction of sp³-hybridized carbons (Fsp3) is 0.400. The first-order valence-corrected chi connectivity index (χ1v) is 13.0. The van der Waals surface area contributed by atoms with Crippen LogP contribution in [-0.4, -0.2) is 42.2 Å². The van der Waals surface area contributed by atoms with Crippen LogP contribution in [0.3, 0.4) is 0 Å². The first-order valence-electron chi connectivity index (χ1n) is 12.6. The molecule has 0 amide bonds. The van der Waals surface area contributed by atoms with E-state index in [4.69, 9.17) is 16.4 Å². The Morgan fingerprint density at radius 2 is 1.74 bits per heavy atom. The van der Waals surface area contributed by atoms with Crippen molar-refractivity contribution in [3.8, 4) is 0 Å². The summed E-state index contributed by atoms with van der Waals surface area (Å²) in [5.41, 5.74) is 9.01. The summed E-state index contributed by atoms with van der Waals surface area (Å²) in [4.78, 5) is 11.2. The zero-order valence-corrected chi connectivity index (χ0v) is 22.0. The standard InChI is InChI=1S/C30H38ClN3O/c1-5-29(34-17-15-33(16-18-34)22-24-9-7-6-8-10-24)35-32-28-19-26(20-30(3,4)21-28)23(2)25-11-13-27(31)14-12-25/h6-14,19,21,29,32H,2,5,15-18,20,22H2,1,3-4H3. The zero-order valence-electron chi connectivity index (χ0n) is 21.3. The lowest BCUT2D eigenvalue weighted by Gasteiger charge is -2.39. The summed E-state index contributed by atoms with van der Waals surface area (Å²) in [5, 5.41) is 0.738. The Morgan fingerprint density at radius 1 is 1.06 bits per heavy atom. The highest BCUT2D eigenvalue weighted by Crippen LogP contribution is 2.38. The average Bonchev–Trinajstić information content (AvgIpc) is 2.85. The maximum absolute atomic E-state index is 6.26. The summed E-state index contributed by atoms with van der Waals surface area (Å²) in [6.45, 7) is 16.2. The minimum atomic E-state index is 0.00984. The fourth-order valence-electron chi connectivity index (χ4n) is 4.94. The van der Waals surface area contributed by atoms with Crippen LogP contribution in [0.4, 0.5) is 0 Å². The third kappa shape index (κ3) is 7.08.